The van der Waals surface area contributed by atoms with Gasteiger partial charge in [-0.3, -0.25) is 0 Å². The highest BCUT2D eigenvalue weighted by atomic mass is 35.5. The van der Waals surface area contributed by atoms with Gasteiger partial charge in [0, 0.05) is 17.9 Å². The van der Waals surface area contributed by atoms with Crippen molar-refractivity contribution in [2.75, 3.05) is 26.2 Å². The number of likely N-dealkylation sites (tertiary alicyclic amines) is 1. The van der Waals surface area contributed by atoms with E-state index in [-0.39, 0.29) is 10.4 Å². The molecule has 2 fully saturated rings. The number of nitrogens with one attached hydrogen (secondary N) is 1. The highest BCUT2D eigenvalue weighted by molar-refractivity contribution is 6.31. The second kappa shape index (κ2) is 8.72. The summed E-state index contributed by atoms with van der Waals surface area (Å²) in [5, 5.41) is 4.11. The number of hydrogen-bond donors (Lipinski definition) is 2. The average molecular weight is 392 g/mol. The molecule has 1 radical (unpaired) electrons. The van der Waals surface area contributed by atoms with E-state index < -0.39 is 6.03 Å². The number of nitrogens with two attached hydrogens (primary N) is 1. The number of hydrogen-bond acceptors (Lipinski definition) is 3. The molecule has 2 saturated heterocycles. The first-order chi connectivity index (χ1) is 12.9. The van der Waals surface area contributed by atoms with Crippen LogP contribution in [0.25, 0.3) is 0 Å². The Hall–Kier alpha value is -1.43. The second-order valence-corrected chi connectivity index (χ2v) is 8.42. The van der Waals surface area contributed by atoms with Crippen molar-refractivity contribution in [2.45, 2.75) is 39.0 Å². The molecule has 3 amide bonds. The van der Waals surface area contributed by atoms with E-state index in [0.717, 1.165) is 37.1 Å². The van der Waals surface area contributed by atoms with Gasteiger partial charge in [-0.25, -0.2) is 9.59 Å². The van der Waals surface area contributed by atoms with Gasteiger partial charge in [0.05, 0.1) is 19.5 Å². The molecule has 0 aromatic heterocycles. The third-order valence-corrected chi connectivity index (χ3v) is 6.82. The summed E-state index contributed by atoms with van der Waals surface area (Å²) in [5.41, 5.74) is 7.70. The normalized spacial score (nSPS) is 26.7. The lowest BCUT2D eigenvalue weighted by Gasteiger charge is -2.41. The van der Waals surface area contributed by atoms with Gasteiger partial charge in [-0.2, -0.15) is 4.48 Å². The van der Waals surface area contributed by atoms with Crippen LogP contribution in [0.5, 0.6) is 0 Å². The lowest BCUT2D eigenvalue weighted by Crippen LogP contribution is -2.63. The zero-order chi connectivity index (χ0) is 19.4. The predicted octanol–water partition coefficient (Wildman–Crippen LogP) is 3.23. The van der Waals surface area contributed by atoms with Crippen molar-refractivity contribution in [3.05, 3.63) is 40.8 Å². The Labute approximate surface area is 166 Å². The van der Waals surface area contributed by atoms with Crippen LogP contribution in [0.4, 0.5) is 4.79 Å². The topological polar surface area (TPSA) is 72.2 Å². The molecular formula is C21H30ClN3O2+. The van der Waals surface area contributed by atoms with Crippen LogP contribution < -0.4 is 11.1 Å². The van der Waals surface area contributed by atoms with Gasteiger partial charge in [0.15, 0.2) is 0 Å². The van der Waals surface area contributed by atoms with Crippen molar-refractivity contribution in [1.82, 2.24) is 5.32 Å². The number of carbonyl (C=O) groups excluding carboxylic acids is 2. The minimum absolute atomic E-state index is 0.168. The van der Waals surface area contributed by atoms with E-state index in [1.807, 2.05) is 25.1 Å². The monoisotopic (exact) mass is 391 g/mol. The van der Waals surface area contributed by atoms with Crippen LogP contribution in [-0.2, 0) is 11.2 Å². The number of urea groups is 1. The molecule has 1 aromatic rings. The van der Waals surface area contributed by atoms with Crippen LogP contribution in [0, 0.1) is 25.2 Å². The number of primary amides is 1. The molecule has 1 aromatic carbocycles. The third-order valence-electron chi connectivity index (χ3n) is 6.39. The lowest BCUT2D eigenvalue weighted by atomic mass is 9.78. The average Bonchev–Trinajstić information content (AvgIpc) is 2.69. The molecule has 5 nitrogen and oxygen atoms in total. The Morgan fingerprint density at radius 1 is 1.19 bits per heavy atom. The first-order valence-electron chi connectivity index (χ1n) is 9.93. The number of halogens is 1. The molecule has 27 heavy (non-hydrogen) atoms. The Morgan fingerprint density at radius 2 is 1.81 bits per heavy atom. The van der Waals surface area contributed by atoms with Crippen LogP contribution in [0.3, 0.4) is 0 Å². The predicted molar refractivity (Wildman–Crippen MR) is 107 cm³/mol. The number of carbonyl (C=O) groups is 2. The van der Waals surface area contributed by atoms with Gasteiger partial charge in [0.25, 0.3) is 0 Å². The molecule has 147 valence electrons. The largest absolute Gasteiger partial charge is 0.421 e. The number of aryl methyl sites for hydroxylation is 1. The first kappa shape index (κ1) is 20.3. The molecule has 0 bridgehead atoms. The van der Waals surface area contributed by atoms with Crippen LogP contribution in [-0.4, -0.2) is 42.6 Å². The van der Waals surface area contributed by atoms with Crippen molar-refractivity contribution in [2.24, 2.45) is 17.6 Å². The van der Waals surface area contributed by atoms with E-state index in [4.69, 9.17) is 17.3 Å². The van der Waals surface area contributed by atoms with Gasteiger partial charge in [-0.05, 0) is 68.3 Å². The first-order valence-corrected chi connectivity index (χ1v) is 10.3. The Balaban J connectivity index is 1.61. The Morgan fingerprint density at radius 3 is 2.41 bits per heavy atom. The summed E-state index contributed by atoms with van der Waals surface area (Å²) < 4.78 is -0.228. The minimum Gasteiger partial charge on any atom is -0.318 e. The number of imide groups is 1. The summed E-state index contributed by atoms with van der Waals surface area (Å²) in [4.78, 5) is 25.2. The number of amides is 3. The minimum atomic E-state index is -0.521. The molecule has 2 aliphatic rings. The summed E-state index contributed by atoms with van der Waals surface area (Å²) in [6.45, 7) is 5.14. The van der Waals surface area contributed by atoms with Gasteiger partial charge in [-0.1, -0.05) is 23.7 Å². The van der Waals surface area contributed by atoms with E-state index in [1.165, 1.54) is 12.8 Å². The Kier molecular flexibility index (Phi) is 6.56. The molecule has 6 heteroatoms. The summed E-state index contributed by atoms with van der Waals surface area (Å²) in [6.07, 6.45) is 6.29. The quantitative estimate of drug-likeness (QED) is 0.774. The molecule has 0 aliphatic carbocycles. The van der Waals surface area contributed by atoms with Crippen molar-refractivity contribution in [3.63, 3.8) is 0 Å². The highest BCUT2D eigenvalue weighted by Gasteiger charge is 2.46. The summed E-state index contributed by atoms with van der Waals surface area (Å²) in [5.74, 6) is 1.14. The maximum Gasteiger partial charge on any atom is 0.421 e. The van der Waals surface area contributed by atoms with Crippen LogP contribution in [0.2, 0.25) is 5.02 Å². The van der Waals surface area contributed by atoms with Crippen molar-refractivity contribution in [1.29, 1.82) is 0 Å². The molecule has 2 heterocycles. The molecular weight excluding hydrogens is 362 g/mol. The van der Waals surface area contributed by atoms with Crippen LogP contribution in [0.1, 0.15) is 36.8 Å². The van der Waals surface area contributed by atoms with Crippen LogP contribution >= 0.6 is 11.6 Å². The maximum atomic E-state index is 12.9. The van der Waals surface area contributed by atoms with E-state index in [2.05, 4.69) is 5.32 Å². The Bertz CT molecular complexity index is 693. The van der Waals surface area contributed by atoms with Gasteiger partial charge >= 0.3 is 11.9 Å². The molecule has 0 atom stereocenters. The zero-order valence-corrected chi connectivity index (χ0v) is 16.8. The molecule has 0 unspecified atom stereocenters. The smallest absolute Gasteiger partial charge is 0.318 e. The van der Waals surface area contributed by atoms with Gasteiger partial charge < -0.3 is 11.1 Å². The van der Waals surface area contributed by atoms with Crippen molar-refractivity contribution < 1.29 is 14.1 Å². The molecule has 2 aliphatic heterocycles. The number of quaternary nitrogens is 1. The van der Waals surface area contributed by atoms with Gasteiger partial charge in [0.1, 0.15) is 0 Å². The summed E-state index contributed by atoms with van der Waals surface area (Å²) >= 11 is 6.06. The molecule has 0 saturated carbocycles. The fourth-order valence-corrected chi connectivity index (χ4v) is 4.70. The number of rotatable bonds is 4. The van der Waals surface area contributed by atoms with E-state index in [9.17, 15) is 9.59 Å². The zero-order valence-electron chi connectivity index (χ0n) is 16.0. The number of nitrogens with zero attached hydrogens (tertiary/aromatic N) is 1. The number of piperidine rings is 2. The van der Waals surface area contributed by atoms with Gasteiger partial charge in [0.2, 0.25) is 0 Å². The number of benzene rings is 1. The van der Waals surface area contributed by atoms with Gasteiger partial charge in [-0.15, -0.1) is 0 Å². The standard InChI is InChI=1S/C21H29ClN3O2/c1-15-14-16(2-4-19(15)22)3-5-20(26)25(21(23)27)12-8-18(9-13-25)17-6-10-24-11-7-17/h2,4-5,14,17-18,24H,3,6-13H2,1H3,(H-,23,27)/p+1. The van der Waals surface area contributed by atoms with E-state index >= 15 is 0 Å². The molecule has 0 spiro atoms. The molecule has 3 N–H and O–H groups in total. The lowest BCUT2D eigenvalue weighted by molar-refractivity contribution is -0.779. The SMILES string of the molecule is Cc1cc(C[CH]C(=O)[N+]2(C(N)=O)CCC(C3CCNCC3)CC2)ccc1Cl. The van der Waals surface area contributed by atoms with Crippen molar-refractivity contribution in [3.8, 4) is 0 Å². The third kappa shape index (κ3) is 4.53. The van der Waals surface area contributed by atoms with Crippen molar-refractivity contribution >= 4 is 23.5 Å². The maximum absolute atomic E-state index is 12.9. The fourth-order valence-electron chi connectivity index (χ4n) is 4.58. The summed E-state index contributed by atoms with van der Waals surface area (Å²) in [7, 11) is 0. The molecule has 3 rings (SSSR count). The van der Waals surface area contributed by atoms with E-state index in [1.54, 1.807) is 6.42 Å². The fraction of sp³-hybridized carbons (Fsp3) is 0.571. The van der Waals surface area contributed by atoms with Crippen LogP contribution in [0.15, 0.2) is 18.2 Å². The summed E-state index contributed by atoms with van der Waals surface area (Å²) in [6, 6.07) is 5.21. The highest BCUT2D eigenvalue weighted by Crippen LogP contribution is 2.34. The second-order valence-electron chi connectivity index (χ2n) is 8.01. The van der Waals surface area contributed by atoms with E-state index in [0.29, 0.717) is 36.4 Å².